The van der Waals surface area contributed by atoms with Gasteiger partial charge in [-0.2, -0.15) is 5.10 Å². The number of rotatable bonds is 5. The molecule has 0 aliphatic carbocycles. The fourth-order valence-electron chi connectivity index (χ4n) is 2.49. The lowest BCUT2D eigenvalue weighted by Gasteiger charge is -2.21. The first-order valence-corrected chi connectivity index (χ1v) is 6.56. The summed E-state index contributed by atoms with van der Waals surface area (Å²) in [5.41, 5.74) is 1.03. The van der Waals surface area contributed by atoms with E-state index in [1.54, 1.807) is 0 Å². The number of aromatic nitrogens is 2. The predicted octanol–water partition coefficient (Wildman–Crippen LogP) is 1.90. The molecule has 5 heteroatoms. The van der Waals surface area contributed by atoms with Crippen molar-refractivity contribution in [3.8, 4) is 0 Å². The zero-order chi connectivity index (χ0) is 13.1. The van der Waals surface area contributed by atoms with Crippen LogP contribution in [-0.4, -0.2) is 38.3 Å². The number of nitrogens with zero attached hydrogens (tertiary/aromatic N) is 3. The van der Waals surface area contributed by atoms with E-state index < -0.39 is 5.97 Å². The highest BCUT2D eigenvalue weighted by molar-refractivity contribution is 5.67. The maximum absolute atomic E-state index is 10.8. The zero-order valence-electron chi connectivity index (χ0n) is 11.0. The van der Waals surface area contributed by atoms with E-state index in [0.717, 1.165) is 31.6 Å². The number of hydrogen-bond acceptors (Lipinski definition) is 3. The second kappa shape index (κ2) is 5.52. The van der Waals surface area contributed by atoms with Crippen molar-refractivity contribution >= 4 is 5.97 Å². The van der Waals surface area contributed by atoms with Crippen molar-refractivity contribution in [3.63, 3.8) is 0 Å². The number of carbonyl (C=O) groups is 1. The average molecular weight is 251 g/mol. The average Bonchev–Trinajstić information content (AvgIpc) is 2.89. The van der Waals surface area contributed by atoms with Crippen molar-refractivity contribution in [3.05, 3.63) is 18.0 Å². The van der Waals surface area contributed by atoms with Crippen LogP contribution in [0.1, 0.15) is 44.8 Å². The molecule has 18 heavy (non-hydrogen) atoms. The van der Waals surface area contributed by atoms with Crippen LogP contribution in [-0.2, 0) is 11.3 Å². The Morgan fingerprint density at radius 3 is 3.00 bits per heavy atom. The van der Waals surface area contributed by atoms with Crippen molar-refractivity contribution < 1.29 is 9.90 Å². The molecule has 5 nitrogen and oxygen atoms in total. The first kappa shape index (κ1) is 13.1. The molecular weight excluding hydrogens is 230 g/mol. The van der Waals surface area contributed by atoms with Crippen LogP contribution in [0.5, 0.6) is 0 Å². The maximum Gasteiger partial charge on any atom is 0.304 e. The summed E-state index contributed by atoms with van der Waals surface area (Å²) >= 11 is 0. The normalized spacial score (nSPS) is 20.7. The molecule has 1 aromatic rings. The monoisotopic (exact) mass is 251 g/mol. The smallest absolute Gasteiger partial charge is 0.304 e. The Labute approximate surface area is 107 Å². The molecule has 1 unspecified atom stereocenters. The highest BCUT2D eigenvalue weighted by Crippen LogP contribution is 2.22. The summed E-state index contributed by atoms with van der Waals surface area (Å²) in [4.78, 5) is 13.0. The maximum atomic E-state index is 10.8. The molecule has 1 aliphatic rings. The van der Waals surface area contributed by atoms with E-state index in [4.69, 9.17) is 5.11 Å². The number of hydrogen-bond donors (Lipinski definition) is 1. The van der Waals surface area contributed by atoms with Gasteiger partial charge in [0.05, 0.1) is 12.1 Å². The van der Waals surface area contributed by atoms with Crippen LogP contribution in [0.4, 0.5) is 0 Å². The fraction of sp³-hybridized carbons (Fsp3) is 0.692. The third-order valence-corrected chi connectivity index (χ3v) is 3.47. The minimum absolute atomic E-state index is 0.173. The molecule has 0 spiro atoms. The molecule has 1 fully saturated rings. The van der Waals surface area contributed by atoms with Crippen molar-refractivity contribution in [1.29, 1.82) is 0 Å². The lowest BCUT2D eigenvalue weighted by Crippen LogP contribution is -2.31. The molecule has 2 heterocycles. The van der Waals surface area contributed by atoms with Crippen LogP contribution in [0.3, 0.4) is 0 Å². The van der Waals surface area contributed by atoms with E-state index in [1.165, 1.54) is 0 Å². The molecule has 2 rings (SSSR count). The number of carboxylic acids is 1. The van der Waals surface area contributed by atoms with E-state index in [9.17, 15) is 4.79 Å². The minimum Gasteiger partial charge on any atom is -0.481 e. The summed E-state index contributed by atoms with van der Waals surface area (Å²) in [5.74, 6) is -0.709. The summed E-state index contributed by atoms with van der Waals surface area (Å²) in [7, 11) is 0. The number of aliphatic carboxylic acids is 1. The summed E-state index contributed by atoms with van der Waals surface area (Å²) in [6.45, 7) is 5.93. The summed E-state index contributed by atoms with van der Waals surface area (Å²) in [6, 6.07) is 2.56. The van der Waals surface area contributed by atoms with Gasteiger partial charge in [0.15, 0.2) is 0 Å². The zero-order valence-corrected chi connectivity index (χ0v) is 11.0. The van der Waals surface area contributed by atoms with Crippen molar-refractivity contribution in [1.82, 2.24) is 14.7 Å². The van der Waals surface area contributed by atoms with Crippen molar-refractivity contribution in [2.45, 2.75) is 51.7 Å². The molecule has 100 valence electrons. The topological polar surface area (TPSA) is 58.4 Å². The minimum atomic E-state index is -0.709. The Balaban J connectivity index is 1.96. The molecule has 0 amide bonds. The van der Waals surface area contributed by atoms with Gasteiger partial charge in [-0.15, -0.1) is 0 Å². The molecule has 0 radical (unpaired) electrons. The van der Waals surface area contributed by atoms with Gasteiger partial charge in [-0.25, -0.2) is 0 Å². The second-order valence-corrected chi connectivity index (χ2v) is 5.25. The quantitative estimate of drug-likeness (QED) is 0.868. The summed E-state index contributed by atoms with van der Waals surface area (Å²) in [6.07, 6.45) is 4.30. The van der Waals surface area contributed by atoms with E-state index in [-0.39, 0.29) is 12.5 Å². The van der Waals surface area contributed by atoms with Gasteiger partial charge in [0.2, 0.25) is 0 Å². The Kier molecular flexibility index (Phi) is 4.01. The molecule has 1 atom stereocenters. The molecule has 0 aromatic carbocycles. The van der Waals surface area contributed by atoms with Gasteiger partial charge < -0.3 is 5.11 Å². The Morgan fingerprint density at radius 2 is 2.39 bits per heavy atom. The van der Waals surface area contributed by atoms with Crippen LogP contribution in [0.25, 0.3) is 0 Å². The van der Waals surface area contributed by atoms with Gasteiger partial charge in [0, 0.05) is 24.8 Å². The van der Waals surface area contributed by atoms with Crippen LogP contribution in [0.15, 0.2) is 12.3 Å². The first-order valence-electron chi connectivity index (χ1n) is 6.56. The van der Waals surface area contributed by atoms with E-state index in [0.29, 0.717) is 6.04 Å². The first-order chi connectivity index (χ1) is 8.56. The third-order valence-electron chi connectivity index (χ3n) is 3.47. The van der Waals surface area contributed by atoms with Gasteiger partial charge in [0.1, 0.15) is 0 Å². The summed E-state index contributed by atoms with van der Waals surface area (Å²) < 4.78 is 1.94. The molecule has 1 aromatic heterocycles. The standard InChI is InChI=1S/C13H21N3O2/c1-10(2)16-7-5-11(14-16)9-15-6-3-4-12(15)8-13(17)18/h5,7,10,12H,3-4,6,8-9H2,1-2H3,(H,17,18). The van der Waals surface area contributed by atoms with Crippen molar-refractivity contribution in [2.24, 2.45) is 0 Å². The fourth-order valence-corrected chi connectivity index (χ4v) is 2.49. The van der Waals surface area contributed by atoms with Gasteiger partial charge in [-0.3, -0.25) is 14.4 Å². The molecular formula is C13H21N3O2. The Morgan fingerprint density at radius 1 is 1.61 bits per heavy atom. The predicted molar refractivity (Wildman–Crippen MR) is 68.3 cm³/mol. The lowest BCUT2D eigenvalue weighted by molar-refractivity contribution is -0.138. The van der Waals surface area contributed by atoms with Crippen molar-refractivity contribution in [2.75, 3.05) is 6.54 Å². The highest BCUT2D eigenvalue weighted by atomic mass is 16.4. The van der Waals surface area contributed by atoms with Crippen LogP contribution in [0.2, 0.25) is 0 Å². The Bertz CT molecular complexity index is 414. The molecule has 0 bridgehead atoms. The number of carboxylic acid groups (broad SMARTS) is 1. The third kappa shape index (κ3) is 3.10. The second-order valence-electron chi connectivity index (χ2n) is 5.25. The van der Waals surface area contributed by atoms with Crippen LogP contribution in [0, 0.1) is 0 Å². The lowest BCUT2D eigenvalue weighted by atomic mass is 10.1. The molecule has 1 N–H and O–H groups in total. The van der Waals surface area contributed by atoms with Gasteiger partial charge in [0.25, 0.3) is 0 Å². The largest absolute Gasteiger partial charge is 0.481 e. The van der Waals surface area contributed by atoms with Gasteiger partial charge in [-0.05, 0) is 39.3 Å². The summed E-state index contributed by atoms with van der Waals surface area (Å²) in [5, 5.41) is 13.4. The van der Waals surface area contributed by atoms with E-state index >= 15 is 0 Å². The van der Waals surface area contributed by atoms with Crippen LogP contribution >= 0.6 is 0 Å². The van der Waals surface area contributed by atoms with Gasteiger partial charge in [-0.1, -0.05) is 0 Å². The SMILES string of the molecule is CC(C)n1ccc(CN2CCCC2CC(=O)O)n1. The van der Waals surface area contributed by atoms with E-state index in [1.807, 2.05) is 16.9 Å². The van der Waals surface area contributed by atoms with Crippen LogP contribution < -0.4 is 0 Å². The highest BCUT2D eigenvalue weighted by Gasteiger charge is 2.26. The number of likely N-dealkylation sites (tertiary alicyclic amines) is 1. The molecule has 0 saturated carbocycles. The molecule has 1 aliphatic heterocycles. The van der Waals surface area contributed by atoms with E-state index in [2.05, 4.69) is 23.8 Å². The van der Waals surface area contributed by atoms with Gasteiger partial charge >= 0.3 is 5.97 Å². The molecule has 1 saturated heterocycles. The Hall–Kier alpha value is -1.36.